The fourth-order valence-electron chi connectivity index (χ4n) is 1.46. The molecule has 0 saturated heterocycles. The van der Waals surface area contributed by atoms with E-state index in [9.17, 15) is 0 Å². The molecular formula is C11H20N4. The van der Waals surface area contributed by atoms with Crippen LogP contribution < -0.4 is 11.1 Å². The average Bonchev–Trinajstić information content (AvgIpc) is 2.22. The minimum atomic E-state index is 0.00947. The van der Waals surface area contributed by atoms with E-state index in [1.165, 1.54) is 0 Å². The molecular weight excluding hydrogens is 188 g/mol. The lowest BCUT2D eigenvalue weighted by Crippen LogP contribution is -2.37. The highest BCUT2D eigenvalue weighted by molar-refractivity contribution is 5.41. The van der Waals surface area contributed by atoms with Crippen LogP contribution in [0.3, 0.4) is 0 Å². The second-order valence-electron chi connectivity index (χ2n) is 4.07. The van der Waals surface area contributed by atoms with E-state index in [0.717, 1.165) is 24.4 Å². The number of anilines is 1. The molecule has 4 nitrogen and oxygen atoms in total. The molecule has 0 aliphatic rings. The fraction of sp³-hybridized carbons (Fsp3) is 0.636. The second kappa shape index (κ2) is 5.07. The third kappa shape index (κ3) is 3.16. The van der Waals surface area contributed by atoms with Crippen LogP contribution in [0.1, 0.15) is 32.4 Å². The molecule has 0 amide bonds. The molecule has 84 valence electrons. The van der Waals surface area contributed by atoms with Crippen LogP contribution in [-0.4, -0.2) is 22.1 Å². The number of nitrogens with zero attached hydrogens (tertiary/aromatic N) is 2. The Kier molecular flexibility index (Phi) is 4.03. The largest absolute Gasteiger partial charge is 0.363 e. The Hall–Kier alpha value is -1.16. The molecule has 15 heavy (non-hydrogen) atoms. The molecule has 0 spiro atoms. The van der Waals surface area contributed by atoms with Crippen LogP contribution in [0.5, 0.6) is 0 Å². The van der Waals surface area contributed by atoms with Crippen LogP contribution in [0.25, 0.3) is 0 Å². The number of aromatic nitrogens is 2. The van der Waals surface area contributed by atoms with Crippen molar-refractivity contribution in [1.82, 2.24) is 9.97 Å². The SMILES string of the molecule is CCC(C)(CCN)Nc1nccnc1C. The highest BCUT2D eigenvalue weighted by Gasteiger charge is 2.21. The van der Waals surface area contributed by atoms with Gasteiger partial charge in [-0.15, -0.1) is 0 Å². The zero-order valence-corrected chi connectivity index (χ0v) is 9.75. The third-order valence-corrected chi connectivity index (χ3v) is 2.78. The summed E-state index contributed by atoms with van der Waals surface area (Å²) in [5.74, 6) is 0.857. The Balaban J connectivity index is 2.79. The molecule has 0 aliphatic heterocycles. The summed E-state index contributed by atoms with van der Waals surface area (Å²) < 4.78 is 0. The van der Waals surface area contributed by atoms with Crippen molar-refractivity contribution < 1.29 is 0 Å². The Bertz CT molecular complexity index is 313. The number of hydrogen-bond acceptors (Lipinski definition) is 4. The number of rotatable bonds is 5. The van der Waals surface area contributed by atoms with E-state index in [-0.39, 0.29) is 5.54 Å². The Morgan fingerprint density at radius 1 is 1.40 bits per heavy atom. The predicted molar refractivity (Wildman–Crippen MR) is 62.8 cm³/mol. The standard InChI is InChI=1S/C11H20N4/c1-4-11(3,5-6-12)15-10-9(2)13-7-8-14-10/h7-8H,4-6,12H2,1-3H3,(H,14,15). The fourth-order valence-corrected chi connectivity index (χ4v) is 1.46. The van der Waals surface area contributed by atoms with Crippen molar-refractivity contribution in [2.24, 2.45) is 5.73 Å². The van der Waals surface area contributed by atoms with Crippen LogP contribution in [-0.2, 0) is 0 Å². The third-order valence-electron chi connectivity index (χ3n) is 2.78. The zero-order chi connectivity index (χ0) is 11.3. The Labute approximate surface area is 91.3 Å². The van der Waals surface area contributed by atoms with Crippen LogP contribution in [0.4, 0.5) is 5.82 Å². The van der Waals surface area contributed by atoms with E-state index >= 15 is 0 Å². The summed E-state index contributed by atoms with van der Waals surface area (Å²) in [6.07, 6.45) is 5.35. The molecule has 4 heteroatoms. The van der Waals surface area contributed by atoms with Crippen molar-refractivity contribution in [1.29, 1.82) is 0 Å². The molecule has 3 N–H and O–H groups in total. The van der Waals surface area contributed by atoms with Gasteiger partial charge in [-0.3, -0.25) is 4.98 Å². The van der Waals surface area contributed by atoms with E-state index in [1.807, 2.05) is 6.92 Å². The number of aryl methyl sites for hydroxylation is 1. The summed E-state index contributed by atoms with van der Waals surface area (Å²) in [5.41, 5.74) is 6.54. The molecule has 0 bridgehead atoms. The first-order valence-electron chi connectivity index (χ1n) is 5.37. The van der Waals surface area contributed by atoms with Crippen molar-refractivity contribution >= 4 is 5.82 Å². The van der Waals surface area contributed by atoms with Gasteiger partial charge in [-0.1, -0.05) is 6.92 Å². The second-order valence-corrected chi connectivity index (χ2v) is 4.07. The van der Waals surface area contributed by atoms with Crippen LogP contribution in [0, 0.1) is 6.92 Å². The molecule has 0 aromatic carbocycles. The highest BCUT2D eigenvalue weighted by Crippen LogP contribution is 2.20. The van der Waals surface area contributed by atoms with Crippen molar-refractivity contribution in [3.05, 3.63) is 18.1 Å². The zero-order valence-electron chi connectivity index (χ0n) is 9.75. The minimum Gasteiger partial charge on any atom is -0.363 e. The normalized spacial score (nSPS) is 14.7. The van der Waals surface area contributed by atoms with Gasteiger partial charge < -0.3 is 11.1 Å². The van der Waals surface area contributed by atoms with Gasteiger partial charge in [-0.25, -0.2) is 4.98 Å². The summed E-state index contributed by atoms with van der Waals surface area (Å²) >= 11 is 0. The van der Waals surface area contributed by atoms with Gasteiger partial charge in [0.2, 0.25) is 0 Å². The lowest BCUT2D eigenvalue weighted by atomic mass is 9.94. The summed E-state index contributed by atoms with van der Waals surface area (Å²) in [6.45, 7) is 6.94. The maximum absolute atomic E-state index is 5.61. The Morgan fingerprint density at radius 2 is 2.07 bits per heavy atom. The molecule has 0 radical (unpaired) electrons. The van der Waals surface area contributed by atoms with Gasteiger partial charge >= 0.3 is 0 Å². The van der Waals surface area contributed by atoms with Gasteiger partial charge in [0, 0.05) is 17.9 Å². The predicted octanol–water partition coefficient (Wildman–Crippen LogP) is 1.71. The van der Waals surface area contributed by atoms with Crippen molar-refractivity contribution in [3.8, 4) is 0 Å². The van der Waals surface area contributed by atoms with E-state index in [0.29, 0.717) is 6.54 Å². The number of nitrogens with one attached hydrogen (secondary N) is 1. The first kappa shape index (κ1) is 11.9. The van der Waals surface area contributed by atoms with Gasteiger partial charge in [0.15, 0.2) is 0 Å². The molecule has 1 aromatic heterocycles. The molecule has 1 atom stereocenters. The molecule has 1 aromatic rings. The van der Waals surface area contributed by atoms with E-state index in [2.05, 4.69) is 29.1 Å². The molecule has 1 heterocycles. The summed E-state index contributed by atoms with van der Waals surface area (Å²) in [4.78, 5) is 8.48. The van der Waals surface area contributed by atoms with Crippen LogP contribution >= 0.6 is 0 Å². The molecule has 1 rings (SSSR count). The molecule has 0 aliphatic carbocycles. The van der Waals surface area contributed by atoms with Crippen LogP contribution in [0.2, 0.25) is 0 Å². The summed E-state index contributed by atoms with van der Waals surface area (Å²) in [6, 6.07) is 0. The summed E-state index contributed by atoms with van der Waals surface area (Å²) in [7, 11) is 0. The maximum Gasteiger partial charge on any atom is 0.147 e. The minimum absolute atomic E-state index is 0.00947. The van der Waals surface area contributed by atoms with E-state index in [4.69, 9.17) is 5.73 Å². The van der Waals surface area contributed by atoms with Gasteiger partial charge in [0.1, 0.15) is 5.82 Å². The maximum atomic E-state index is 5.61. The topological polar surface area (TPSA) is 63.8 Å². The number of nitrogens with two attached hydrogens (primary N) is 1. The monoisotopic (exact) mass is 208 g/mol. The average molecular weight is 208 g/mol. The van der Waals surface area contributed by atoms with E-state index < -0.39 is 0 Å². The number of hydrogen-bond donors (Lipinski definition) is 2. The molecule has 0 fully saturated rings. The summed E-state index contributed by atoms with van der Waals surface area (Å²) in [5, 5.41) is 3.42. The van der Waals surface area contributed by atoms with Crippen molar-refractivity contribution in [3.63, 3.8) is 0 Å². The van der Waals surface area contributed by atoms with Crippen molar-refractivity contribution in [2.45, 2.75) is 39.2 Å². The van der Waals surface area contributed by atoms with Gasteiger partial charge in [-0.05, 0) is 33.2 Å². The van der Waals surface area contributed by atoms with Crippen LogP contribution in [0.15, 0.2) is 12.4 Å². The molecule has 1 unspecified atom stereocenters. The Morgan fingerprint density at radius 3 is 2.60 bits per heavy atom. The first-order valence-corrected chi connectivity index (χ1v) is 5.37. The van der Waals surface area contributed by atoms with Gasteiger partial charge in [0.05, 0.1) is 5.69 Å². The van der Waals surface area contributed by atoms with Crippen molar-refractivity contribution in [2.75, 3.05) is 11.9 Å². The lowest BCUT2D eigenvalue weighted by Gasteiger charge is -2.30. The highest BCUT2D eigenvalue weighted by atomic mass is 15.1. The molecule has 0 saturated carbocycles. The van der Waals surface area contributed by atoms with E-state index in [1.54, 1.807) is 12.4 Å². The smallest absolute Gasteiger partial charge is 0.147 e. The van der Waals surface area contributed by atoms with Gasteiger partial charge in [0.25, 0.3) is 0 Å². The first-order chi connectivity index (χ1) is 7.11. The van der Waals surface area contributed by atoms with Gasteiger partial charge in [-0.2, -0.15) is 0 Å². The lowest BCUT2D eigenvalue weighted by molar-refractivity contribution is 0.461. The quantitative estimate of drug-likeness (QED) is 0.773.